The second-order valence-electron chi connectivity index (χ2n) is 7.40. The number of likely N-dealkylation sites (N-methyl/N-ethyl adjacent to an activating group) is 1. The molecular weight excluding hydrogens is 410 g/mol. The Balaban J connectivity index is 0.00000114. The zero-order valence-electron chi connectivity index (χ0n) is 18.8. The summed E-state index contributed by atoms with van der Waals surface area (Å²) in [5.41, 5.74) is 3.02. The van der Waals surface area contributed by atoms with Gasteiger partial charge in [-0.2, -0.15) is 0 Å². The first kappa shape index (κ1) is 24.9. The Bertz CT molecular complexity index is 924. The topological polar surface area (TPSA) is 99.2 Å². The lowest BCUT2D eigenvalue weighted by Crippen LogP contribution is -2.48. The molecule has 0 saturated carbocycles. The molecule has 0 atom stereocenters. The quantitative estimate of drug-likeness (QED) is 0.669. The number of ether oxygens (including phenoxy) is 1. The molecule has 8 heteroatoms. The minimum Gasteiger partial charge on any atom is -0.496 e. The smallest absolute Gasteiger partial charge is 0.290 e. The number of benzene rings is 2. The molecule has 0 aliphatic carbocycles. The van der Waals surface area contributed by atoms with Crippen molar-refractivity contribution in [3.05, 3.63) is 59.2 Å². The van der Waals surface area contributed by atoms with Gasteiger partial charge in [0.05, 0.1) is 13.5 Å². The molecule has 2 amide bonds. The molecule has 2 aromatic rings. The number of carboxylic acid groups (broad SMARTS) is 1. The molecule has 8 nitrogen and oxygen atoms in total. The van der Waals surface area contributed by atoms with E-state index in [4.69, 9.17) is 14.6 Å². The van der Waals surface area contributed by atoms with Gasteiger partial charge in [0, 0.05) is 43.0 Å². The Kier molecular flexibility index (Phi) is 9.69. The standard InChI is InChI=1S/C23H29N3O3.CH2O2/c1-4-25-11-13-26(14-12-25)23(28)19-10-9-17(2)20(15-19)24-22(27)16-18-7-5-6-8-21(18)29-3;2-1-3/h5-10,15H,4,11-14,16H2,1-3H3,(H,24,27);1H,(H,2,3). The minimum absolute atomic E-state index is 0.0148. The van der Waals surface area contributed by atoms with Crippen LogP contribution in [-0.2, 0) is 16.0 Å². The molecule has 0 unspecified atom stereocenters. The molecule has 1 saturated heterocycles. The van der Waals surface area contributed by atoms with Crippen molar-refractivity contribution in [2.75, 3.05) is 45.2 Å². The van der Waals surface area contributed by atoms with Gasteiger partial charge in [0.15, 0.2) is 0 Å². The largest absolute Gasteiger partial charge is 0.496 e. The lowest BCUT2D eigenvalue weighted by molar-refractivity contribution is -0.123. The molecule has 2 aromatic carbocycles. The third kappa shape index (κ3) is 6.81. The fourth-order valence-corrected chi connectivity index (χ4v) is 3.56. The maximum Gasteiger partial charge on any atom is 0.290 e. The Morgan fingerprint density at radius 2 is 1.78 bits per heavy atom. The van der Waals surface area contributed by atoms with Crippen molar-refractivity contribution in [3.8, 4) is 5.75 Å². The van der Waals surface area contributed by atoms with E-state index in [-0.39, 0.29) is 24.7 Å². The number of anilines is 1. The number of rotatable bonds is 6. The van der Waals surface area contributed by atoms with Crippen LogP contribution in [0.3, 0.4) is 0 Å². The van der Waals surface area contributed by atoms with Crippen LogP contribution in [0.25, 0.3) is 0 Å². The SMILES string of the molecule is CCN1CCN(C(=O)c2ccc(C)c(NC(=O)Cc3ccccc3OC)c2)CC1.O=CO. The molecule has 1 fully saturated rings. The summed E-state index contributed by atoms with van der Waals surface area (Å²) in [4.78, 5) is 38.1. The van der Waals surface area contributed by atoms with E-state index in [0.717, 1.165) is 43.9 Å². The number of piperazine rings is 1. The van der Waals surface area contributed by atoms with Crippen LogP contribution in [0.5, 0.6) is 5.75 Å². The second-order valence-corrected chi connectivity index (χ2v) is 7.40. The second kappa shape index (κ2) is 12.5. The number of para-hydroxylation sites is 1. The summed E-state index contributed by atoms with van der Waals surface area (Å²) in [5, 5.41) is 9.84. The highest BCUT2D eigenvalue weighted by molar-refractivity contribution is 5.98. The Morgan fingerprint density at radius 3 is 2.41 bits per heavy atom. The molecule has 2 N–H and O–H groups in total. The summed E-state index contributed by atoms with van der Waals surface area (Å²) in [5.74, 6) is 0.564. The molecule has 0 aromatic heterocycles. The summed E-state index contributed by atoms with van der Waals surface area (Å²) >= 11 is 0. The van der Waals surface area contributed by atoms with Gasteiger partial charge in [-0.1, -0.05) is 31.2 Å². The van der Waals surface area contributed by atoms with E-state index >= 15 is 0 Å². The van der Waals surface area contributed by atoms with Gasteiger partial charge >= 0.3 is 0 Å². The van der Waals surface area contributed by atoms with Crippen molar-refractivity contribution in [1.82, 2.24) is 9.80 Å². The lowest BCUT2D eigenvalue weighted by Gasteiger charge is -2.34. The summed E-state index contributed by atoms with van der Waals surface area (Å²) in [6, 6.07) is 13.0. The molecule has 172 valence electrons. The predicted octanol–water partition coefficient (Wildman–Crippen LogP) is 2.66. The Hall–Kier alpha value is -3.39. The van der Waals surface area contributed by atoms with Crippen LogP contribution in [-0.4, -0.2) is 73.0 Å². The van der Waals surface area contributed by atoms with Crippen molar-refractivity contribution < 1.29 is 24.2 Å². The number of hydrogen-bond acceptors (Lipinski definition) is 5. The fraction of sp³-hybridized carbons (Fsp3) is 0.375. The maximum atomic E-state index is 12.9. The number of aryl methyl sites for hydroxylation is 1. The van der Waals surface area contributed by atoms with Gasteiger partial charge in [-0.3, -0.25) is 14.4 Å². The fourth-order valence-electron chi connectivity index (χ4n) is 3.56. The summed E-state index contributed by atoms with van der Waals surface area (Å²) in [6.07, 6.45) is 0.209. The van der Waals surface area contributed by atoms with E-state index in [2.05, 4.69) is 17.1 Å². The van der Waals surface area contributed by atoms with Crippen LogP contribution in [0.4, 0.5) is 5.69 Å². The number of amides is 2. The first-order chi connectivity index (χ1) is 15.4. The highest BCUT2D eigenvalue weighted by atomic mass is 16.5. The highest BCUT2D eigenvalue weighted by Gasteiger charge is 2.22. The molecule has 1 heterocycles. The summed E-state index contributed by atoms with van der Waals surface area (Å²) in [7, 11) is 1.59. The van der Waals surface area contributed by atoms with Crippen LogP contribution in [0.1, 0.15) is 28.4 Å². The lowest BCUT2D eigenvalue weighted by atomic mass is 10.1. The van der Waals surface area contributed by atoms with E-state index in [9.17, 15) is 9.59 Å². The molecule has 1 aliphatic heterocycles. The van der Waals surface area contributed by atoms with Crippen molar-refractivity contribution in [2.45, 2.75) is 20.3 Å². The molecule has 3 rings (SSSR count). The van der Waals surface area contributed by atoms with Crippen molar-refractivity contribution >= 4 is 24.0 Å². The van der Waals surface area contributed by atoms with Crippen molar-refractivity contribution in [1.29, 1.82) is 0 Å². The van der Waals surface area contributed by atoms with Gasteiger partial charge in [-0.25, -0.2) is 0 Å². The van der Waals surface area contributed by atoms with Crippen LogP contribution < -0.4 is 10.1 Å². The van der Waals surface area contributed by atoms with E-state index in [0.29, 0.717) is 17.0 Å². The first-order valence-corrected chi connectivity index (χ1v) is 10.5. The molecule has 0 bridgehead atoms. The molecule has 32 heavy (non-hydrogen) atoms. The van der Waals surface area contributed by atoms with Crippen LogP contribution >= 0.6 is 0 Å². The normalized spacial score (nSPS) is 13.5. The number of carbonyl (C=O) groups excluding carboxylic acids is 2. The minimum atomic E-state index is -0.250. The molecular formula is C24H31N3O5. The third-order valence-corrected chi connectivity index (χ3v) is 5.41. The average molecular weight is 442 g/mol. The van der Waals surface area contributed by atoms with Crippen molar-refractivity contribution in [3.63, 3.8) is 0 Å². The number of hydrogen-bond donors (Lipinski definition) is 2. The number of methoxy groups -OCH3 is 1. The van der Waals surface area contributed by atoms with Gasteiger partial charge in [0.1, 0.15) is 5.75 Å². The van der Waals surface area contributed by atoms with Crippen LogP contribution in [0.2, 0.25) is 0 Å². The summed E-state index contributed by atoms with van der Waals surface area (Å²) < 4.78 is 5.32. The van der Waals surface area contributed by atoms with Gasteiger partial charge in [-0.05, 0) is 37.2 Å². The van der Waals surface area contributed by atoms with Crippen LogP contribution in [0.15, 0.2) is 42.5 Å². The monoisotopic (exact) mass is 441 g/mol. The van der Waals surface area contributed by atoms with E-state index < -0.39 is 0 Å². The Morgan fingerprint density at radius 1 is 1.12 bits per heavy atom. The van der Waals surface area contributed by atoms with Gasteiger partial charge in [-0.15, -0.1) is 0 Å². The number of carbonyl (C=O) groups is 3. The summed E-state index contributed by atoms with van der Waals surface area (Å²) in [6.45, 7) is 8.08. The average Bonchev–Trinajstić information content (AvgIpc) is 2.81. The van der Waals surface area contributed by atoms with E-state index in [1.165, 1.54) is 0 Å². The maximum absolute atomic E-state index is 12.9. The first-order valence-electron chi connectivity index (χ1n) is 10.5. The third-order valence-electron chi connectivity index (χ3n) is 5.41. The van der Waals surface area contributed by atoms with Gasteiger partial charge < -0.3 is 25.0 Å². The van der Waals surface area contributed by atoms with Crippen molar-refractivity contribution in [2.24, 2.45) is 0 Å². The number of nitrogens with one attached hydrogen (secondary N) is 1. The Labute approximate surface area is 188 Å². The van der Waals surface area contributed by atoms with Crippen LogP contribution in [0, 0.1) is 6.92 Å². The zero-order valence-corrected chi connectivity index (χ0v) is 18.8. The molecule has 1 aliphatic rings. The van der Waals surface area contributed by atoms with E-state index in [1.807, 2.05) is 48.2 Å². The van der Waals surface area contributed by atoms with Gasteiger partial charge in [0.2, 0.25) is 5.91 Å². The highest BCUT2D eigenvalue weighted by Crippen LogP contribution is 2.21. The number of nitrogens with zero attached hydrogens (tertiary/aromatic N) is 2. The zero-order chi connectivity index (χ0) is 23.5. The molecule has 0 radical (unpaired) electrons. The molecule has 0 spiro atoms. The predicted molar refractivity (Wildman–Crippen MR) is 123 cm³/mol. The van der Waals surface area contributed by atoms with Gasteiger partial charge in [0.25, 0.3) is 12.4 Å². The van der Waals surface area contributed by atoms with E-state index in [1.54, 1.807) is 13.2 Å².